The highest BCUT2D eigenvalue weighted by atomic mass is 32.2. The second-order valence-corrected chi connectivity index (χ2v) is 4.16. The minimum absolute atomic E-state index is 0.0553. The number of carbonyl (C=O) groups is 1. The minimum Gasteiger partial charge on any atom is -0.346 e. The molecule has 0 aromatic heterocycles. The standard InChI is InChI=1S/C7H13F3N2O3S/c8-7(9,10)4-12-6(13)5(11)2-1-3-16(14)15/h5H,1-4,11H2,(H,12,13)(H,14,15)/t5-/m1/s1. The number of nitrogens with one attached hydrogen (secondary N) is 1. The second kappa shape index (κ2) is 6.81. The molecule has 0 radical (unpaired) electrons. The van der Waals surface area contributed by atoms with Crippen LogP contribution in [-0.2, 0) is 15.9 Å². The molecule has 0 aliphatic heterocycles. The lowest BCUT2D eigenvalue weighted by Gasteiger charge is -2.12. The summed E-state index contributed by atoms with van der Waals surface area (Å²) in [6.07, 6.45) is -4.21. The minimum atomic E-state index is -4.47. The van der Waals surface area contributed by atoms with Crippen LogP contribution in [0.1, 0.15) is 12.8 Å². The Morgan fingerprint density at radius 2 is 2.06 bits per heavy atom. The Balaban J connectivity index is 3.78. The average molecular weight is 262 g/mol. The monoisotopic (exact) mass is 262 g/mol. The van der Waals surface area contributed by atoms with Crippen LogP contribution in [0.2, 0.25) is 0 Å². The summed E-state index contributed by atoms with van der Waals surface area (Å²) >= 11 is -1.98. The van der Waals surface area contributed by atoms with E-state index in [-0.39, 0.29) is 18.6 Å². The van der Waals surface area contributed by atoms with Gasteiger partial charge in [0.15, 0.2) is 11.1 Å². The van der Waals surface area contributed by atoms with E-state index >= 15 is 0 Å². The fourth-order valence-electron chi connectivity index (χ4n) is 0.876. The predicted molar refractivity (Wildman–Crippen MR) is 51.9 cm³/mol. The van der Waals surface area contributed by atoms with Gasteiger partial charge in [0.1, 0.15) is 6.54 Å². The van der Waals surface area contributed by atoms with Crippen molar-refractivity contribution < 1.29 is 26.7 Å². The van der Waals surface area contributed by atoms with Crippen molar-refractivity contribution in [3.8, 4) is 0 Å². The summed E-state index contributed by atoms with van der Waals surface area (Å²) in [4.78, 5) is 11.0. The summed E-state index contributed by atoms with van der Waals surface area (Å²) in [5.41, 5.74) is 5.27. The van der Waals surface area contributed by atoms with Crippen LogP contribution in [-0.4, -0.2) is 39.2 Å². The molecule has 5 nitrogen and oxygen atoms in total. The molecule has 0 aliphatic carbocycles. The van der Waals surface area contributed by atoms with Crippen molar-refractivity contribution in [1.29, 1.82) is 0 Å². The number of alkyl halides is 3. The van der Waals surface area contributed by atoms with E-state index in [0.717, 1.165) is 0 Å². The molecule has 0 aliphatic rings. The van der Waals surface area contributed by atoms with Crippen molar-refractivity contribution in [3.05, 3.63) is 0 Å². The highest BCUT2D eigenvalue weighted by molar-refractivity contribution is 7.79. The normalized spacial score (nSPS) is 15.6. The molecular formula is C7H13F3N2O3S. The molecular weight excluding hydrogens is 249 g/mol. The number of halogens is 3. The number of rotatable bonds is 6. The Morgan fingerprint density at radius 3 is 2.50 bits per heavy atom. The van der Waals surface area contributed by atoms with Crippen molar-refractivity contribution in [2.75, 3.05) is 12.3 Å². The van der Waals surface area contributed by atoms with Crippen LogP contribution in [0.5, 0.6) is 0 Å². The molecule has 0 heterocycles. The van der Waals surface area contributed by atoms with Gasteiger partial charge in [-0.2, -0.15) is 13.2 Å². The summed E-state index contributed by atoms with van der Waals surface area (Å²) in [7, 11) is 0. The van der Waals surface area contributed by atoms with Gasteiger partial charge < -0.3 is 15.6 Å². The molecule has 0 rings (SSSR count). The highest BCUT2D eigenvalue weighted by Gasteiger charge is 2.28. The molecule has 0 aromatic carbocycles. The Bertz CT molecular complexity index is 260. The summed E-state index contributed by atoms with van der Waals surface area (Å²) < 4.78 is 53.8. The third-order valence-electron chi connectivity index (χ3n) is 1.63. The third-order valence-corrected chi connectivity index (χ3v) is 2.27. The topological polar surface area (TPSA) is 92.4 Å². The van der Waals surface area contributed by atoms with Gasteiger partial charge in [0.2, 0.25) is 5.91 Å². The van der Waals surface area contributed by atoms with Gasteiger partial charge in [-0.05, 0) is 12.8 Å². The molecule has 1 unspecified atom stereocenters. The van der Waals surface area contributed by atoms with Gasteiger partial charge in [0, 0.05) is 5.75 Å². The largest absolute Gasteiger partial charge is 0.405 e. The van der Waals surface area contributed by atoms with Gasteiger partial charge in [0.25, 0.3) is 0 Å². The van der Waals surface area contributed by atoms with E-state index in [9.17, 15) is 22.2 Å². The number of nitrogens with two attached hydrogens (primary N) is 1. The lowest BCUT2D eigenvalue weighted by molar-refractivity contribution is -0.139. The summed E-state index contributed by atoms with van der Waals surface area (Å²) in [5, 5.41) is 1.63. The molecule has 1 amide bonds. The van der Waals surface area contributed by atoms with E-state index in [0.29, 0.717) is 0 Å². The maximum absolute atomic E-state index is 11.7. The smallest absolute Gasteiger partial charge is 0.346 e. The van der Waals surface area contributed by atoms with E-state index in [1.54, 1.807) is 5.32 Å². The molecule has 0 saturated carbocycles. The summed E-state index contributed by atoms with van der Waals surface area (Å²) in [5.74, 6) is -0.971. The van der Waals surface area contributed by atoms with Crippen LogP contribution in [0.4, 0.5) is 13.2 Å². The molecule has 0 fully saturated rings. The van der Waals surface area contributed by atoms with E-state index in [2.05, 4.69) is 0 Å². The van der Waals surface area contributed by atoms with Gasteiger partial charge in [-0.1, -0.05) is 0 Å². The summed E-state index contributed by atoms with van der Waals surface area (Å²) in [6.45, 7) is -1.43. The van der Waals surface area contributed by atoms with Crippen LogP contribution >= 0.6 is 0 Å². The molecule has 16 heavy (non-hydrogen) atoms. The highest BCUT2D eigenvalue weighted by Crippen LogP contribution is 2.12. The van der Waals surface area contributed by atoms with E-state index in [1.807, 2.05) is 0 Å². The first-order valence-corrected chi connectivity index (χ1v) is 5.67. The number of carbonyl (C=O) groups excluding carboxylic acids is 1. The third kappa shape index (κ3) is 8.62. The van der Waals surface area contributed by atoms with Crippen LogP contribution in [0.25, 0.3) is 0 Å². The van der Waals surface area contributed by atoms with Gasteiger partial charge in [-0.15, -0.1) is 0 Å². The Kier molecular flexibility index (Phi) is 6.53. The maximum atomic E-state index is 11.7. The predicted octanol–water partition coefficient (Wildman–Crippen LogP) is -0.00590. The molecule has 0 saturated heterocycles. The van der Waals surface area contributed by atoms with Crippen LogP contribution in [0.3, 0.4) is 0 Å². The van der Waals surface area contributed by atoms with Crippen molar-refractivity contribution in [3.63, 3.8) is 0 Å². The quantitative estimate of drug-likeness (QED) is 0.587. The van der Waals surface area contributed by atoms with Crippen molar-refractivity contribution in [2.24, 2.45) is 5.73 Å². The fourth-order valence-corrected chi connectivity index (χ4v) is 1.29. The number of hydrogen-bond donors (Lipinski definition) is 3. The van der Waals surface area contributed by atoms with E-state index < -0.39 is 35.8 Å². The van der Waals surface area contributed by atoms with Crippen LogP contribution in [0, 0.1) is 0 Å². The fraction of sp³-hybridized carbons (Fsp3) is 0.857. The SMILES string of the molecule is N[C@H](CCCS(=O)O)C(=O)NCC(F)(F)F. The molecule has 4 N–H and O–H groups in total. The molecule has 0 aromatic rings. The Labute approximate surface area is 92.9 Å². The molecule has 0 spiro atoms. The van der Waals surface area contributed by atoms with E-state index in [4.69, 9.17) is 10.3 Å². The Hall–Kier alpha value is -0.670. The van der Waals surface area contributed by atoms with Gasteiger partial charge in [-0.3, -0.25) is 4.79 Å². The molecule has 0 bridgehead atoms. The molecule has 96 valence electrons. The van der Waals surface area contributed by atoms with Crippen molar-refractivity contribution in [2.45, 2.75) is 25.1 Å². The second-order valence-electron chi connectivity index (χ2n) is 3.11. The average Bonchev–Trinajstić information content (AvgIpc) is 2.12. The van der Waals surface area contributed by atoms with E-state index in [1.165, 1.54) is 0 Å². The van der Waals surface area contributed by atoms with Gasteiger partial charge in [0.05, 0.1) is 6.04 Å². The van der Waals surface area contributed by atoms with Crippen molar-refractivity contribution in [1.82, 2.24) is 5.32 Å². The molecule has 2 atom stereocenters. The first kappa shape index (κ1) is 15.3. The van der Waals surface area contributed by atoms with Gasteiger partial charge >= 0.3 is 6.18 Å². The maximum Gasteiger partial charge on any atom is 0.405 e. The van der Waals surface area contributed by atoms with Crippen LogP contribution < -0.4 is 11.1 Å². The lowest BCUT2D eigenvalue weighted by atomic mass is 10.2. The summed E-state index contributed by atoms with van der Waals surface area (Å²) in [6, 6.07) is -1.09. The zero-order valence-corrected chi connectivity index (χ0v) is 9.11. The van der Waals surface area contributed by atoms with Gasteiger partial charge in [-0.25, -0.2) is 4.21 Å². The van der Waals surface area contributed by atoms with Crippen LogP contribution in [0.15, 0.2) is 0 Å². The number of amides is 1. The first-order chi connectivity index (χ1) is 7.22. The first-order valence-electron chi connectivity index (χ1n) is 4.40. The zero-order valence-electron chi connectivity index (χ0n) is 8.29. The van der Waals surface area contributed by atoms with Crippen molar-refractivity contribution >= 4 is 17.0 Å². The lowest BCUT2D eigenvalue weighted by Crippen LogP contribution is -2.44. The Morgan fingerprint density at radius 1 is 1.50 bits per heavy atom. The zero-order chi connectivity index (χ0) is 12.8. The molecule has 9 heteroatoms. The number of hydrogen-bond acceptors (Lipinski definition) is 3.